The summed E-state index contributed by atoms with van der Waals surface area (Å²) in [5, 5.41) is 3.61. The van der Waals surface area contributed by atoms with Gasteiger partial charge in [-0.25, -0.2) is 0 Å². The van der Waals surface area contributed by atoms with Crippen LogP contribution < -0.4 is 5.32 Å². The average Bonchev–Trinajstić information content (AvgIpc) is 3.26. The van der Waals surface area contributed by atoms with E-state index in [9.17, 15) is 0 Å². The highest BCUT2D eigenvalue weighted by atomic mass is 16.5. The van der Waals surface area contributed by atoms with Crippen molar-refractivity contribution in [2.75, 3.05) is 53.0 Å². The fourth-order valence-corrected chi connectivity index (χ4v) is 3.94. The lowest BCUT2D eigenvalue weighted by molar-refractivity contribution is 0.0123. The molecular formula is C20H34N4O2. The van der Waals surface area contributed by atoms with Crippen molar-refractivity contribution in [1.82, 2.24) is 15.1 Å². The fourth-order valence-electron chi connectivity index (χ4n) is 3.94. The molecule has 0 aromatic carbocycles. The first-order chi connectivity index (χ1) is 12.5. The molecule has 1 N–H and O–H groups in total. The van der Waals surface area contributed by atoms with E-state index in [4.69, 9.17) is 9.15 Å². The third kappa shape index (κ3) is 4.41. The molecule has 1 aromatic heterocycles. The number of ether oxygens (including phenoxy) is 1. The monoisotopic (exact) mass is 362 g/mol. The van der Waals surface area contributed by atoms with E-state index in [2.05, 4.69) is 40.0 Å². The molecule has 0 radical (unpaired) electrons. The molecule has 2 aliphatic heterocycles. The molecule has 0 bridgehead atoms. The topological polar surface area (TPSA) is 53.2 Å². The Morgan fingerprint density at radius 3 is 2.65 bits per heavy atom. The fraction of sp³-hybridized carbons (Fsp3) is 0.750. The largest absolute Gasteiger partial charge is 0.465 e. The van der Waals surface area contributed by atoms with Crippen molar-refractivity contribution < 1.29 is 9.15 Å². The molecule has 0 spiro atoms. The first-order valence-corrected chi connectivity index (χ1v) is 9.88. The van der Waals surface area contributed by atoms with Gasteiger partial charge in [-0.2, -0.15) is 0 Å². The van der Waals surface area contributed by atoms with Gasteiger partial charge in [0, 0.05) is 39.8 Å². The number of hydrogen-bond donors (Lipinski definition) is 1. The first-order valence-electron chi connectivity index (χ1n) is 9.88. The van der Waals surface area contributed by atoms with E-state index in [0.29, 0.717) is 5.41 Å². The summed E-state index contributed by atoms with van der Waals surface area (Å²) < 4.78 is 11.5. The number of furan rings is 1. The Morgan fingerprint density at radius 1 is 1.31 bits per heavy atom. The molecule has 26 heavy (non-hydrogen) atoms. The minimum atomic E-state index is 0.199. The predicted molar refractivity (Wildman–Crippen MR) is 105 cm³/mol. The third-order valence-corrected chi connectivity index (χ3v) is 5.95. The summed E-state index contributed by atoms with van der Waals surface area (Å²) in [5.41, 5.74) is 0.402. The van der Waals surface area contributed by atoms with Crippen LogP contribution in [0.5, 0.6) is 0 Å². The van der Waals surface area contributed by atoms with Crippen molar-refractivity contribution in [3.05, 3.63) is 23.7 Å². The van der Waals surface area contributed by atoms with Gasteiger partial charge >= 0.3 is 0 Å². The van der Waals surface area contributed by atoms with Gasteiger partial charge < -0.3 is 19.4 Å². The zero-order valence-electron chi connectivity index (χ0n) is 16.8. The van der Waals surface area contributed by atoms with Gasteiger partial charge in [0.05, 0.1) is 19.3 Å². The Labute approximate surface area is 157 Å². The van der Waals surface area contributed by atoms with E-state index in [1.807, 2.05) is 20.0 Å². The second-order valence-corrected chi connectivity index (χ2v) is 7.88. The molecule has 6 heteroatoms. The standard InChI is InChI=1S/C20H34N4O2/c1-5-20(3)8-9-24(15-20)19(21-4)22-14-17(18-7-6-16(2)26-18)23-10-12-25-13-11-23/h6-7,17H,5,8-15H2,1-4H3,(H,21,22). The normalized spacial score (nSPS) is 26.3. The summed E-state index contributed by atoms with van der Waals surface area (Å²) in [6, 6.07) is 4.35. The van der Waals surface area contributed by atoms with Gasteiger partial charge in [0.15, 0.2) is 5.96 Å². The van der Waals surface area contributed by atoms with Crippen LogP contribution in [0.1, 0.15) is 44.3 Å². The number of morpholine rings is 1. The molecule has 2 fully saturated rings. The Morgan fingerprint density at radius 2 is 2.08 bits per heavy atom. The van der Waals surface area contributed by atoms with Gasteiger partial charge in [-0.15, -0.1) is 0 Å². The summed E-state index contributed by atoms with van der Waals surface area (Å²) >= 11 is 0. The van der Waals surface area contributed by atoms with Crippen molar-refractivity contribution >= 4 is 5.96 Å². The number of rotatable bonds is 5. The summed E-state index contributed by atoms with van der Waals surface area (Å²) in [5.74, 6) is 2.98. The van der Waals surface area contributed by atoms with Crippen LogP contribution in [0.4, 0.5) is 0 Å². The first kappa shape index (κ1) is 19.2. The van der Waals surface area contributed by atoms with Crippen LogP contribution in [0.25, 0.3) is 0 Å². The quantitative estimate of drug-likeness (QED) is 0.645. The Bertz CT molecular complexity index is 609. The van der Waals surface area contributed by atoms with Crippen LogP contribution >= 0.6 is 0 Å². The van der Waals surface area contributed by atoms with Gasteiger partial charge in [-0.05, 0) is 37.3 Å². The van der Waals surface area contributed by atoms with Crippen LogP contribution in [0.2, 0.25) is 0 Å². The maximum atomic E-state index is 5.96. The number of nitrogens with one attached hydrogen (secondary N) is 1. The van der Waals surface area contributed by atoms with Crippen molar-refractivity contribution in [3.8, 4) is 0 Å². The smallest absolute Gasteiger partial charge is 0.193 e. The molecule has 0 aliphatic carbocycles. The minimum absolute atomic E-state index is 0.199. The summed E-state index contributed by atoms with van der Waals surface area (Å²) in [4.78, 5) is 9.39. The van der Waals surface area contributed by atoms with Crippen LogP contribution in [0, 0.1) is 12.3 Å². The van der Waals surface area contributed by atoms with Gasteiger partial charge in [0.2, 0.25) is 0 Å². The molecule has 6 nitrogen and oxygen atoms in total. The highest BCUT2D eigenvalue weighted by molar-refractivity contribution is 5.80. The molecule has 1 aromatic rings. The van der Waals surface area contributed by atoms with Gasteiger partial charge in [0.25, 0.3) is 0 Å². The molecule has 0 saturated carbocycles. The van der Waals surface area contributed by atoms with E-state index in [0.717, 1.165) is 63.4 Å². The van der Waals surface area contributed by atoms with Crippen molar-refractivity contribution in [1.29, 1.82) is 0 Å². The van der Waals surface area contributed by atoms with Crippen LogP contribution in [-0.2, 0) is 4.74 Å². The molecule has 2 unspecified atom stereocenters. The van der Waals surface area contributed by atoms with Crippen LogP contribution in [0.15, 0.2) is 21.5 Å². The maximum absolute atomic E-state index is 5.96. The number of hydrogen-bond acceptors (Lipinski definition) is 4. The summed E-state index contributed by atoms with van der Waals surface area (Å²) in [6.45, 7) is 13.0. The molecule has 3 heterocycles. The highest BCUT2D eigenvalue weighted by Gasteiger charge is 2.34. The molecular weight excluding hydrogens is 328 g/mol. The van der Waals surface area contributed by atoms with Gasteiger partial charge in [-0.3, -0.25) is 9.89 Å². The number of likely N-dealkylation sites (tertiary alicyclic amines) is 1. The average molecular weight is 363 g/mol. The lowest BCUT2D eigenvalue weighted by Gasteiger charge is -2.34. The maximum Gasteiger partial charge on any atom is 0.193 e. The number of aryl methyl sites for hydroxylation is 1. The molecule has 3 rings (SSSR count). The predicted octanol–water partition coefficient (Wildman–Crippen LogP) is 2.66. The van der Waals surface area contributed by atoms with Crippen molar-refractivity contribution in [2.24, 2.45) is 10.4 Å². The summed E-state index contributed by atoms with van der Waals surface area (Å²) in [7, 11) is 1.88. The van der Waals surface area contributed by atoms with Gasteiger partial charge in [-0.1, -0.05) is 13.8 Å². The second kappa shape index (κ2) is 8.44. The zero-order valence-corrected chi connectivity index (χ0v) is 16.8. The second-order valence-electron chi connectivity index (χ2n) is 7.88. The van der Waals surface area contributed by atoms with E-state index in [-0.39, 0.29) is 6.04 Å². The van der Waals surface area contributed by atoms with Crippen LogP contribution in [0.3, 0.4) is 0 Å². The number of aliphatic imine (C=N–C) groups is 1. The van der Waals surface area contributed by atoms with E-state index >= 15 is 0 Å². The highest BCUT2D eigenvalue weighted by Crippen LogP contribution is 2.33. The molecule has 2 aliphatic rings. The molecule has 146 valence electrons. The zero-order chi connectivity index (χ0) is 18.6. The lowest BCUT2D eigenvalue weighted by Crippen LogP contribution is -2.47. The van der Waals surface area contributed by atoms with E-state index in [1.54, 1.807) is 0 Å². The Balaban J connectivity index is 1.66. The van der Waals surface area contributed by atoms with Crippen molar-refractivity contribution in [2.45, 2.75) is 39.7 Å². The van der Waals surface area contributed by atoms with E-state index in [1.165, 1.54) is 12.8 Å². The van der Waals surface area contributed by atoms with E-state index < -0.39 is 0 Å². The molecule has 2 atom stereocenters. The Kier molecular flexibility index (Phi) is 6.24. The molecule has 0 amide bonds. The van der Waals surface area contributed by atoms with Crippen molar-refractivity contribution in [3.63, 3.8) is 0 Å². The summed E-state index contributed by atoms with van der Waals surface area (Å²) in [6.07, 6.45) is 2.44. The SMILES string of the molecule is CCC1(C)CCN(C(=NC)NCC(c2ccc(C)o2)N2CCOCC2)C1. The van der Waals surface area contributed by atoms with Crippen LogP contribution in [-0.4, -0.2) is 68.7 Å². The minimum Gasteiger partial charge on any atom is -0.465 e. The van der Waals surface area contributed by atoms with Gasteiger partial charge in [0.1, 0.15) is 11.5 Å². The lowest BCUT2D eigenvalue weighted by atomic mass is 9.87. The number of nitrogens with zero attached hydrogens (tertiary/aromatic N) is 3. The number of guanidine groups is 1. The Hall–Kier alpha value is -1.53. The third-order valence-electron chi connectivity index (χ3n) is 5.95. The molecule has 2 saturated heterocycles.